The Kier molecular flexibility index (Phi) is 5.75. The quantitative estimate of drug-likeness (QED) is 0.698. The van der Waals surface area contributed by atoms with E-state index >= 15 is 0 Å². The number of hydrogen-bond donors (Lipinski definition) is 1. The fourth-order valence-corrected chi connectivity index (χ4v) is 3.73. The zero-order chi connectivity index (χ0) is 12.8. The third-order valence-electron chi connectivity index (χ3n) is 4.96. The van der Waals surface area contributed by atoms with E-state index in [2.05, 4.69) is 25.2 Å². The number of nitrogens with one attached hydrogen (secondary N) is 1. The number of hydrogen-bond acceptors (Lipinski definition) is 1. The first-order valence-electron chi connectivity index (χ1n) is 8.21. The summed E-state index contributed by atoms with van der Waals surface area (Å²) in [6.45, 7) is 5.81. The highest BCUT2D eigenvalue weighted by atomic mass is 14.9. The van der Waals surface area contributed by atoms with Crippen LogP contribution in [0.3, 0.4) is 0 Å². The highest BCUT2D eigenvalue weighted by Gasteiger charge is 2.26. The van der Waals surface area contributed by atoms with E-state index < -0.39 is 0 Å². The van der Waals surface area contributed by atoms with Crippen molar-refractivity contribution in [1.29, 1.82) is 0 Å². The molecule has 18 heavy (non-hydrogen) atoms. The lowest BCUT2D eigenvalue weighted by molar-refractivity contribution is 0.229. The number of allylic oxidation sites excluding steroid dienone is 1. The molecule has 0 aromatic rings. The molecule has 104 valence electrons. The van der Waals surface area contributed by atoms with Crippen molar-refractivity contribution in [3.8, 4) is 0 Å². The van der Waals surface area contributed by atoms with Gasteiger partial charge in [0.05, 0.1) is 0 Å². The molecule has 0 aliphatic heterocycles. The second-order valence-electron chi connectivity index (χ2n) is 6.50. The van der Waals surface area contributed by atoms with Crippen molar-refractivity contribution in [3.63, 3.8) is 0 Å². The zero-order valence-corrected chi connectivity index (χ0v) is 12.4. The summed E-state index contributed by atoms with van der Waals surface area (Å²) in [4.78, 5) is 0. The standard InChI is InChI=1S/C17H31N/c1-3-18-17(13-15-7-5-4-6-8-15)16-11-9-14(2)10-12-16/h7,14,16-18H,3-6,8-13H2,1-2H3. The van der Waals surface area contributed by atoms with Crippen molar-refractivity contribution in [2.24, 2.45) is 11.8 Å². The van der Waals surface area contributed by atoms with Crippen LogP contribution in [0, 0.1) is 11.8 Å². The molecule has 0 heterocycles. The van der Waals surface area contributed by atoms with Crippen LogP contribution in [0.4, 0.5) is 0 Å². The van der Waals surface area contributed by atoms with Gasteiger partial charge in [-0.3, -0.25) is 0 Å². The van der Waals surface area contributed by atoms with Crippen LogP contribution in [0.15, 0.2) is 11.6 Å². The maximum Gasteiger partial charge on any atom is 0.0132 e. The molecule has 0 aromatic heterocycles. The summed E-state index contributed by atoms with van der Waals surface area (Å²) in [6, 6.07) is 0.756. The van der Waals surface area contributed by atoms with Crippen LogP contribution in [0.25, 0.3) is 0 Å². The molecule has 2 aliphatic carbocycles. The van der Waals surface area contributed by atoms with Gasteiger partial charge in [0, 0.05) is 6.04 Å². The lowest BCUT2D eigenvalue weighted by atomic mass is 9.77. The maximum absolute atomic E-state index is 3.77. The van der Waals surface area contributed by atoms with Crippen molar-refractivity contribution in [3.05, 3.63) is 11.6 Å². The Labute approximate surface area is 113 Å². The highest BCUT2D eigenvalue weighted by molar-refractivity contribution is 5.08. The molecule has 1 nitrogen and oxygen atoms in total. The van der Waals surface area contributed by atoms with E-state index in [0.29, 0.717) is 0 Å². The van der Waals surface area contributed by atoms with Crippen molar-refractivity contribution in [2.75, 3.05) is 6.54 Å². The van der Waals surface area contributed by atoms with Crippen LogP contribution in [-0.2, 0) is 0 Å². The molecule has 0 saturated heterocycles. The Morgan fingerprint density at radius 3 is 2.61 bits per heavy atom. The molecular formula is C17H31N. The smallest absolute Gasteiger partial charge is 0.0132 e. The van der Waals surface area contributed by atoms with E-state index in [-0.39, 0.29) is 0 Å². The third-order valence-corrected chi connectivity index (χ3v) is 4.96. The summed E-state index contributed by atoms with van der Waals surface area (Å²) in [5.74, 6) is 1.90. The summed E-state index contributed by atoms with van der Waals surface area (Å²) < 4.78 is 0. The van der Waals surface area contributed by atoms with Gasteiger partial charge in [-0.25, -0.2) is 0 Å². The van der Waals surface area contributed by atoms with Crippen LogP contribution in [0.5, 0.6) is 0 Å². The first-order chi connectivity index (χ1) is 8.79. The van der Waals surface area contributed by atoms with Crippen molar-refractivity contribution in [2.45, 2.75) is 77.7 Å². The Bertz CT molecular complexity index is 261. The zero-order valence-electron chi connectivity index (χ0n) is 12.4. The van der Waals surface area contributed by atoms with E-state index in [9.17, 15) is 0 Å². The predicted octanol–water partition coefficient (Wildman–Crippen LogP) is 4.68. The molecular weight excluding hydrogens is 218 g/mol. The minimum atomic E-state index is 0.756. The first kappa shape index (κ1) is 14.1. The Hall–Kier alpha value is -0.300. The lowest BCUT2D eigenvalue weighted by Crippen LogP contribution is -2.38. The van der Waals surface area contributed by atoms with Crippen LogP contribution in [0.1, 0.15) is 71.6 Å². The van der Waals surface area contributed by atoms with E-state index in [1.165, 1.54) is 57.8 Å². The van der Waals surface area contributed by atoms with E-state index in [1.54, 1.807) is 5.57 Å². The SMILES string of the molecule is CCNC(CC1=CCCCC1)C1CCC(C)CC1. The van der Waals surface area contributed by atoms with Gasteiger partial charge in [-0.05, 0) is 63.3 Å². The van der Waals surface area contributed by atoms with E-state index in [0.717, 1.165) is 24.4 Å². The molecule has 1 heteroatoms. The Morgan fingerprint density at radius 2 is 2.00 bits per heavy atom. The molecule has 1 atom stereocenters. The molecule has 1 fully saturated rings. The van der Waals surface area contributed by atoms with Crippen molar-refractivity contribution in [1.82, 2.24) is 5.32 Å². The molecule has 0 bridgehead atoms. The Balaban J connectivity index is 1.88. The summed E-state index contributed by atoms with van der Waals surface area (Å²) in [6.07, 6.45) is 15.2. The molecule has 0 radical (unpaired) electrons. The minimum absolute atomic E-state index is 0.756. The topological polar surface area (TPSA) is 12.0 Å². The molecule has 1 N–H and O–H groups in total. The van der Waals surface area contributed by atoms with E-state index in [4.69, 9.17) is 0 Å². The summed E-state index contributed by atoms with van der Waals surface area (Å²) in [5, 5.41) is 3.77. The van der Waals surface area contributed by atoms with Gasteiger partial charge in [-0.15, -0.1) is 0 Å². The van der Waals surface area contributed by atoms with Crippen LogP contribution in [-0.4, -0.2) is 12.6 Å². The largest absolute Gasteiger partial charge is 0.314 e. The normalized spacial score (nSPS) is 30.9. The summed E-state index contributed by atoms with van der Waals surface area (Å²) in [7, 11) is 0. The molecule has 0 spiro atoms. The fraction of sp³-hybridized carbons (Fsp3) is 0.882. The average Bonchev–Trinajstić information content (AvgIpc) is 2.40. The average molecular weight is 249 g/mol. The predicted molar refractivity (Wildman–Crippen MR) is 79.8 cm³/mol. The molecule has 1 saturated carbocycles. The van der Waals surface area contributed by atoms with Gasteiger partial charge < -0.3 is 5.32 Å². The fourth-order valence-electron chi connectivity index (χ4n) is 3.73. The Morgan fingerprint density at radius 1 is 1.22 bits per heavy atom. The molecule has 1 unspecified atom stereocenters. The summed E-state index contributed by atoms with van der Waals surface area (Å²) in [5.41, 5.74) is 1.74. The van der Waals surface area contributed by atoms with Gasteiger partial charge >= 0.3 is 0 Å². The molecule has 0 aromatic carbocycles. The minimum Gasteiger partial charge on any atom is -0.314 e. The maximum atomic E-state index is 3.77. The monoisotopic (exact) mass is 249 g/mol. The third kappa shape index (κ3) is 4.12. The van der Waals surface area contributed by atoms with Crippen molar-refractivity contribution >= 4 is 0 Å². The van der Waals surface area contributed by atoms with Crippen molar-refractivity contribution < 1.29 is 0 Å². The molecule has 0 amide bonds. The molecule has 2 aliphatic rings. The van der Waals surface area contributed by atoms with Gasteiger partial charge in [0.15, 0.2) is 0 Å². The van der Waals surface area contributed by atoms with Crippen LogP contribution in [0.2, 0.25) is 0 Å². The van der Waals surface area contributed by atoms with Gasteiger partial charge in [0.2, 0.25) is 0 Å². The van der Waals surface area contributed by atoms with Crippen LogP contribution >= 0.6 is 0 Å². The van der Waals surface area contributed by atoms with Gasteiger partial charge in [-0.1, -0.05) is 38.3 Å². The summed E-state index contributed by atoms with van der Waals surface area (Å²) >= 11 is 0. The number of rotatable bonds is 5. The molecule has 2 rings (SSSR count). The highest BCUT2D eigenvalue weighted by Crippen LogP contribution is 2.33. The first-order valence-corrected chi connectivity index (χ1v) is 8.21. The second-order valence-corrected chi connectivity index (χ2v) is 6.50. The lowest BCUT2D eigenvalue weighted by Gasteiger charge is -2.34. The van der Waals surface area contributed by atoms with Gasteiger partial charge in [0.25, 0.3) is 0 Å². The van der Waals surface area contributed by atoms with E-state index in [1.807, 2.05) is 0 Å². The van der Waals surface area contributed by atoms with Gasteiger partial charge in [-0.2, -0.15) is 0 Å². The van der Waals surface area contributed by atoms with Crippen LogP contribution < -0.4 is 5.32 Å². The van der Waals surface area contributed by atoms with Gasteiger partial charge in [0.1, 0.15) is 0 Å². The second kappa shape index (κ2) is 7.33.